The van der Waals surface area contributed by atoms with Gasteiger partial charge in [-0.1, -0.05) is 59.6 Å². The van der Waals surface area contributed by atoms with Gasteiger partial charge in [-0.25, -0.2) is 4.98 Å². The van der Waals surface area contributed by atoms with E-state index in [2.05, 4.69) is 42.9 Å². The molecule has 7 atom stereocenters. The van der Waals surface area contributed by atoms with Gasteiger partial charge in [0.15, 0.2) is 5.78 Å². The largest absolute Gasteiger partial charge is 0.481 e. The minimum absolute atomic E-state index is 0.0262. The van der Waals surface area contributed by atoms with Crippen molar-refractivity contribution < 1.29 is 29.0 Å². The number of aliphatic carboxylic acids is 1. The smallest absolute Gasteiger partial charge is 0.306 e. The van der Waals surface area contributed by atoms with Crippen LogP contribution in [-0.4, -0.2) is 89.3 Å². The molecule has 278 valence electrons. The average molecular weight is 714 g/mol. The predicted molar refractivity (Wildman–Crippen MR) is 198 cm³/mol. The highest BCUT2D eigenvalue weighted by Crippen LogP contribution is 2.32. The summed E-state index contributed by atoms with van der Waals surface area (Å²) >= 11 is 1.32. The Morgan fingerprint density at radius 2 is 1.80 bits per heavy atom. The molecule has 0 unspecified atom stereocenters. The van der Waals surface area contributed by atoms with Gasteiger partial charge in [0.2, 0.25) is 5.91 Å². The number of piperidine rings is 1. The van der Waals surface area contributed by atoms with Gasteiger partial charge in [0.25, 0.3) is 5.91 Å². The summed E-state index contributed by atoms with van der Waals surface area (Å²) in [5.74, 6) is -2.12. The highest BCUT2D eigenvalue weighted by atomic mass is 32.1. The minimum Gasteiger partial charge on any atom is -0.481 e. The molecule has 2 heterocycles. The first kappa shape index (κ1) is 41.1. The number of carboxylic acids is 1. The number of ketones is 1. The maximum Gasteiger partial charge on any atom is 0.306 e. The summed E-state index contributed by atoms with van der Waals surface area (Å²) in [6.07, 6.45) is 4.69. The summed E-state index contributed by atoms with van der Waals surface area (Å²) in [5, 5.41) is 14.8. The molecule has 0 bridgehead atoms. The Bertz CT molecular complexity index is 1410. The Labute approximate surface area is 302 Å². The molecule has 0 aliphatic carbocycles. The number of anilines is 1. The normalized spacial score (nSPS) is 18.9. The van der Waals surface area contributed by atoms with Crippen LogP contribution in [0.25, 0.3) is 0 Å². The van der Waals surface area contributed by atoms with Gasteiger partial charge in [0.1, 0.15) is 16.8 Å². The molecule has 1 aliphatic rings. The number of Topliss-reactive ketones (excluding diaryl/α,β-unsaturated/α-hetero) is 1. The number of hydrogen-bond donors (Lipinski definition) is 3. The maximum absolute atomic E-state index is 14.2. The van der Waals surface area contributed by atoms with Gasteiger partial charge in [0.05, 0.1) is 12.0 Å². The third-order valence-corrected chi connectivity index (χ3v) is 11.4. The second-order valence-corrected chi connectivity index (χ2v) is 15.4. The average Bonchev–Trinajstić information content (AvgIpc) is 3.58. The van der Waals surface area contributed by atoms with E-state index in [1.807, 2.05) is 26.2 Å². The molecular weight excluding hydrogens is 655 g/mol. The lowest BCUT2D eigenvalue weighted by Crippen LogP contribution is -2.48. The number of thiazole rings is 1. The summed E-state index contributed by atoms with van der Waals surface area (Å²) in [7, 11) is 5.43. The Morgan fingerprint density at radius 1 is 1.12 bits per heavy atom. The number of nitrogens with one attached hydrogen (secondary N) is 1. The molecule has 1 saturated heterocycles. The number of aromatic nitrogens is 1. The number of nitrogen functional groups attached to an aromatic ring is 1. The zero-order valence-corrected chi connectivity index (χ0v) is 32.0. The zero-order chi connectivity index (χ0) is 37.1. The van der Waals surface area contributed by atoms with Crippen molar-refractivity contribution in [2.45, 2.75) is 110 Å². The molecule has 11 nitrogen and oxygen atoms in total. The number of carboxylic acid groups (broad SMARTS) is 1. The summed E-state index contributed by atoms with van der Waals surface area (Å²) < 4.78 is 5.92. The van der Waals surface area contributed by atoms with E-state index in [1.165, 1.54) is 11.3 Å². The van der Waals surface area contributed by atoms with Crippen LogP contribution >= 0.6 is 11.3 Å². The van der Waals surface area contributed by atoms with Gasteiger partial charge in [0, 0.05) is 56.1 Å². The molecule has 3 rings (SSSR count). The Kier molecular flexibility index (Phi) is 15.9. The van der Waals surface area contributed by atoms with Crippen molar-refractivity contribution in [2.75, 3.05) is 33.5 Å². The zero-order valence-electron chi connectivity index (χ0n) is 31.2. The number of carbonyl (C=O) groups excluding carboxylic acids is 3. The summed E-state index contributed by atoms with van der Waals surface area (Å²) in [6, 6.07) is 6.54. The standard InChI is InChI=1S/C38H59N5O6S/c1-9-24(4)29(20-33(44)31-12-10-11-17-42(31)6)37(46)43(7)32(23(2)3)21-34(49-8)36-41-30(22-50-36)35(45)40-28(18-25(5)38(47)48)19-26-13-15-27(39)16-14-26/h13-16,22-25,28-29,31-32,34H,9-12,17-21,39H2,1-8H3,(H,40,45)(H,47,48)/t24-,25-,28+,29-,31+,32+,34+/m0/s1. The summed E-state index contributed by atoms with van der Waals surface area (Å²) in [5.41, 5.74) is 7.61. The van der Waals surface area contributed by atoms with E-state index in [0.717, 1.165) is 37.8 Å². The number of amides is 2. The highest BCUT2D eigenvalue weighted by Gasteiger charge is 2.37. The van der Waals surface area contributed by atoms with Crippen LogP contribution in [0.1, 0.15) is 107 Å². The molecule has 12 heteroatoms. The Hall–Kier alpha value is -3.35. The van der Waals surface area contributed by atoms with Gasteiger partial charge in [-0.3, -0.25) is 24.1 Å². The molecule has 1 fully saturated rings. The van der Waals surface area contributed by atoms with E-state index in [0.29, 0.717) is 23.5 Å². The van der Waals surface area contributed by atoms with E-state index in [4.69, 9.17) is 10.5 Å². The molecule has 1 aromatic carbocycles. The molecule has 2 amide bonds. The third kappa shape index (κ3) is 11.3. The third-order valence-electron chi connectivity index (χ3n) is 10.5. The SMILES string of the molecule is CC[C@H](C)[C@H](CC(=O)[C@H]1CCCCN1C)C(=O)N(C)[C@H](C[C@@H](OC)c1nc(C(=O)N[C@@H](Cc2ccc(N)cc2)C[C@H](C)C(=O)O)cs1)C(C)C. The number of likely N-dealkylation sites (tertiary alicyclic amines) is 1. The first-order valence-corrected chi connectivity index (χ1v) is 18.9. The van der Waals surface area contributed by atoms with Crippen molar-refractivity contribution in [3.63, 3.8) is 0 Å². The Balaban J connectivity index is 1.75. The topological polar surface area (TPSA) is 155 Å². The summed E-state index contributed by atoms with van der Waals surface area (Å²) in [4.78, 5) is 61.3. The summed E-state index contributed by atoms with van der Waals surface area (Å²) in [6.45, 7) is 10.8. The fourth-order valence-electron chi connectivity index (χ4n) is 6.93. The molecule has 4 N–H and O–H groups in total. The number of benzene rings is 1. The molecule has 0 saturated carbocycles. The predicted octanol–water partition coefficient (Wildman–Crippen LogP) is 5.84. The van der Waals surface area contributed by atoms with Gasteiger partial charge < -0.3 is 25.8 Å². The number of likely N-dealkylation sites (N-methyl/N-ethyl adjacent to an activating group) is 1. The first-order chi connectivity index (χ1) is 23.7. The van der Waals surface area contributed by atoms with Gasteiger partial charge in [-0.2, -0.15) is 0 Å². The molecule has 50 heavy (non-hydrogen) atoms. The van der Waals surface area contributed by atoms with Gasteiger partial charge in [-0.15, -0.1) is 11.3 Å². The van der Waals surface area contributed by atoms with Gasteiger partial charge >= 0.3 is 5.97 Å². The minimum atomic E-state index is -0.928. The first-order valence-electron chi connectivity index (χ1n) is 18.0. The van der Waals surface area contributed by atoms with Crippen molar-refractivity contribution in [1.82, 2.24) is 20.1 Å². The van der Waals surface area contributed by atoms with Crippen molar-refractivity contribution in [2.24, 2.45) is 23.7 Å². The van der Waals surface area contributed by atoms with Crippen molar-refractivity contribution in [1.29, 1.82) is 0 Å². The second-order valence-electron chi connectivity index (χ2n) is 14.5. The van der Waals surface area contributed by atoms with Crippen molar-refractivity contribution in [3.8, 4) is 0 Å². The molecule has 1 aromatic heterocycles. The van der Waals surface area contributed by atoms with Crippen LogP contribution in [0.4, 0.5) is 5.69 Å². The van der Waals surface area contributed by atoms with Crippen LogP contribution in [0.15, 0.2) is 29.6 Å². The van der Waals surface area contributed by atoms with Gasteiger partial charge in [-0.05, 0) is 68.8 Å². The van der Waals surface area contributed by atoms with Crippen LogP contribution in [-0.2, 0) is 25.5 Å². The van der Waals surface area contributed by atoms with Crippen LogP contribution in [0.3, 0.4) is 0 Å². The van der Waals surface area contributed by atoms with Crippen LogP contribution in [0, 0.1) is 23.7 Å². The van der Waals surface area contributed by atoms with Crippen LogP contribution in [0.5, 0.6) is 0 Å². The highest BCUT2D eigenvalue weighted by molar-refractivity contribution is 7.09. The number of methoxy groups -OCH3 is 1. The lowest BCUT2D eigenvalue weighted by atomic mass is 9.83. The van der Waals surface area contributed by atoms with E-state index in [-0.39, 0.29) is 54.1 Å². The molecule has 0 radical (unpaired) electrons. The van der Waals surface area contributed by atoms with Crippen molar-refractivity contribution >= 4 is 40.6 Å². The van der Waals surface area contributed by atoms with Crippen LogP contribution in [0.2, 0.25) is 0 Å². The maximum atomic E-state index is 14.2. The van der Waals surface area contributed by atoms with E-state index < -0.39 is 35.9 Å². The molecule has 0 spiro atoms. The lowest BCUT2D eigenvalue weighted by Gasteiger charge is -2.37. The van der Waals surface area contributed by atoms with E-state index >= 15 is 0 Å². The number of nitrogens with zero attached hydrogens (tertiary/aromatic N) is 3. The lowest BCUT2D eigenvalue weighted by molar-refractivity contribution is -0.143. The quantitative estimate of drug-likeness (QED) is 0.152. The number of carbonyl (C=O) groups is 4. The number of nitrogens with two attached hydrogens (primary N) is 1. The number of ether oxygens (including phenoxy) is 1. The number of hydrogen-bond acceptors (Lipinski definition) is 9. The molecular formula is C38H59N5O6S. The van der Waals surface area contributed by atoms with Crippen LogP contribution < -0.4 is 11.1 Å². The van der Waals surface area contributed by atoms with Crippen molar-refractivity contribution in [3.05, 3.63) is 45.9 Å². The molecule has 1 aliphatic heterocycles. The number of rotatable bonds is 19. The molecule has 2 aromatic rings. The van der Waals surface area contributed by atoms with E-state index in [1.54, 1.807) is 36.4 Å². The van der Waals surface area contributed by atoms with E-state index in [9.17, 15) is 24.3 Å². The fourth-order valence-corrected chi connectivity index (χ4v) is 7.82. The monoisotopic (exact) mass is 713 g/mol. The second kappa shape index (κ2) is 19.3. The Morgan fingerprint density at radius 3 is 2.38 bits per heavy atom. The fraction of sp³-hybridized carbons (Fsp3) is 0.658.